The summed E-state index contributed by atoms with van der Waals surface area (Å²) in [5.41, 5.74) is 0. The summed E-state index contributed by atoms with van der Waals surface area (Å²) in [5.74, 6) is -1.26. The second-order valence-corrected chi connectivity index (χ2v) is 3.92. The molecule has 2 atom stereocenters. The number of alkyl halides is 1. The van der Waals surface area contributed by atoms with Crippen molar-refractivity contribution < 1.29 is 28.6 Å². The predicted octanol–water partition coefficient (Wildman–Crippen LogP) is 0.365. The van der Waals surface area contributed by atoms with Crippen molar-refractivity contribution in [3.8, 4) is 11.5 Å². The number of fused-ring (bicyclic) bond motifs is 1. The van der Waals surface area contributed by atoms with E-state index in [0.29, 0.717) is 11.5 Å². The largest absolute Gasteiger partial charge is 0.485 e. The highest BCUT2D eigenvalue weighted by Gasteiger charge is 2.30. The number of rotatable bonds is 4. The maximum Gasteiger partial charge on any atom is 0.328 e. The van der Waals surface area contributed by atoms with E-state index < -0.39 is 30.7 Å². The van der Waals surface area contributed by atoms with Gasteiger partial charge in [0.2, 0.25) is 6.10 Å². The van der Waals surface area contributed by atoms with E-state index in [4.69, 9.17) is 14.6 Å². The van der Waals surface area contributed by atoms with Crippen LogP contribution in [-0.4, -0.2) is 42.4 Å². The molecule has 19 heavy (non-hydrogen) atoms. The summed E-state index contributed by atoms with van der Waals surface area (Å²) in [6.07, 6.45) is -0.997. The third-order valence-corrected chi connectivity index (χ3v) is 2.57. The van der Waals surface area contributed by atoms with Crippen LogP contribution < -0.4 is 14.8 Å². The van der Waals surface area contributed by atoms with Gasteiger partial charge < -0.3 is 19.9 Å². The van der Waals surface area contributed by atoms with Crippen molar-refractivity contribution in [3.05, 3.63) is 24.3 Å². The van der Waals surface area contributed by atoms with E-state index in [2.05, 4.69) is 0 Å². The van der Waals surface area contributed by atoms with Gasteiger partial charge in [-0.05, 0) is 12.1 Å². The van der Waals surface area contributed by atoms with E-state index in [9.17, 15) is 14.0 Å². The minimum Gasteiger partial charge on any atom is -0.485 e. The molecule has 0 fully saturated rings. The van der Waals surface area contributed by atoms with Crippen LogP contribution in [0.2, 0.25) is 0 Å². The molecule has 102 valence electrons. The number of benzene rings is 1. The molecule has 0 spiro atoms. The molecule has 1 aliphatic heterocycles. The smallest absolute Gasteiger partial charge is 0.328 e. The van der Waals surface area contributed by atoms with Gasteiger partial charge in [-0.25, -0.2) is 9.18 Å². The van der Waals surface area contributed by atoms with E-state index >= 15 is 0 Å². The summed E-state index contributed by atoms with van der Waals surface area (Å²) in [7, 11) is 0. The van der Waals surface area contributed by atoms with E-state index in [1.54, 1.807) is 24.3 Å². The molecule has 1 aliphatic rings. The SMILES string of the molecule is O=C(O)C(CF)NC(=O)C1COc2ccccc2O1. The van der Waals surface area contributed by atoms with E-state index in [0.717, 1.165) is 0 Å². The third kappa shape index (κ3) is 2.93. The zero-order chi connectivity index (χ0) is 13.8. The highest BCUT2D eigenvalue weighted by molar-refractivity contribution is 5.87. The van der Waals surface area contributed by atoms with Crippen molar-refractivity contribution in [1.82, 2.24) is 5.32 Å². The lowest BCUT2D eigenvalue weighted by Gasteiger charge is -2.26. The lowest BCUT2D eigenvalue weighted by molar-refractivity contribution is -0.144. The van der Waals surface area contributed by atoms with Gasteiger partial charge in [-0.2, -0.15) is 0 Å². The number of halogens is 1. The molecule has 0 bridgehead atoms. The lowest BCUT2D eigenvalue weighted by atomic mass is 10.2. The first-order valence-electron chi connectivity index (χ1n) is 5.59. The Balaban J connectivity index is 2.01. The fraction of sp³-hybridized carbons (Fsp3) is 0.333. The Morgan fingerprint density at radius 2 is 2.11 bits per heavy atom. The van der Waals surface area contributed by atoms with Crippen LogP contribution in [0, 0.1) is 0 Å². The molecule has 1 amide bonds. The maximum absolute atomic E-state index is 12.4. The first kappa shape index (κ1) is 13.1. The molecule has 1 heterocycles. The number of hydrogen-bond acceptors (Lipinski definition) is 4. The van der Waals surface area contributed by atoms with Gasteiger partial charge in [0.05, 0.1) is 0 Å². The van der Waals surface area contributed by atoms with Crippen molar-refractivity contribution in [2.24, 2.45) is 0 Å². The summed E-state index contributed by atoms with van der Waals surface area (Å²) in [6, 6.07) is 5.20. The molecule has 1 aromatic carbocycles. The normalized spacial score (nSPS) is 18.5. The molecule has 0 saturated carbocycles. The number of hydrogen-bond donors (Lipinski definition) is 2. The number of carbonyl (C=O) groups is 2. The Morgan fingerprint density at radius 3 is 2.74 bits per heavy atom. The predicted molar refractivity (Wildman–Crippen MR) is 61.9 cm³/mol. The van der Waals surface area contributed by atoms with Crippen molar-refractivity contribution in [3.63, 3.8) is 0 Å². The van der Waals surface area contributed by atoms with Crippen LogP contribution in [0.15, 0.2) is 24.3 Å². The summed E-state index contributed by atoms with van der Waals surface area (Å²) in [4.78, 5) is 22.4. The highest BCUT2D eigenvalue weighted by Crippen LogP contribution is 2.30. The maximum atomic E-state index is 12.4. The van der Waals surface area contributed by atoms with Crippen LogP contribution in [0.5, 0.6) is 11.5 Å². The minimum absolute atomic E-state index is 0.0541. The quantitative estimate of drug-likeness (QED) is 0.824. The average Bonchev–Trinajstić information content (AvgIpc) is 2.43. The van der Waals surface area contributed by atoms with Gasteiger partial charge in [0.1, 0.15) is 13.3 Å². The fourth-order valence-electron chi connectivity index (χ4n) is 1.58. The third-order valence-electron chi connectivity index (χ3n) is 2.57. The monoisotopic (exact) mass is 269 g/mol. The fourth-order valence-corrected chi connectivity index (χ4v) is 1.58. The van der Waals surface area contributed by atoms with Gasteiger partial charge in [-0.3, -0.25) is 4.79 Å². The standard InChI is InChI=1S/C12H12FNO5/c13-5-7(12(16)17)14-11(15)10-6-18-8-3-1-2-4-9(8)19-10/h1-4,7,10H,5-6H2,(H,14,15)(H,16,17). The van der Waals surface area contributed by atoms with E-state index in [1.165, 1.54) is 0 Å². The Bertz CT molecular complexity index is 493. The Hall–Kier alpha value is -2.31. The number of nitrogens with one attached hydrogen (secondary N) is 1. The Kier molecular flexibility index (Phi) is 3.84. The number of carbonyl (C=O) groups excluding carboxylic acids is 1. The van der Waals surface area contributed by atoms with Gasteiger partial charge in [0.25, 0.3) is 5.91 Å². The molecule has 2 rings (SSSR count). The number of carboxylic acids is 1. The number of ether oxygens (including phenoxy) is 2. The molecule has 0 aromatic heterocycles. The first-order valence-corrected chi connectivity index (χ1v) is 5.59. The van der Waals surface area contributed by atoms with Gasteiger partial charge in [0.15, 0.2) is 17.5 Å². The van der Waals surface area contributed by atoms with Crippen LogP contribution in [0.4, 0.5) is 4.39 Å². The second kappa shape index (κ2) is 5.55. The van der Waals surface area contributed by atoms with Crippen molar-refractivity contribution in [2.75, 3.05) is 13.3 Å². The number of aliphatic carboxylic acids is 1. The molecular formula is C12H12FNO5. The van der Waals surface area contributed by atoms with Gasteiger partial charge >= 0.3 is 5.97 Å². The molecule has 2 N–H and O–H groups in total. The molecule has 2 unspecified atom stereocenters. The number of carboxylic acid groups (broad SMARTS) is 1. The average molecular weight is 269 g/mol. The summed E-state index contributed by atoms with van der Waals surface area (Å²) >= 11 is 0. The van der Waals surface area contributed by atoms with Crippen molar-refractivity contribution in [2.45, 2.75) is 12.1 Å². The molecule has 0 radical (unpaired) electrons. The number of para-hydroxylation sites is 2. The molecular weight excluding hydrogens is 257 g/mol. The molecule has 6 nitrogen and oxygen atoms in total. The van der Waals surface area contributed by atoms with E-state index in [-0.39, 0.29) is 6.61 Å². The zero-order valence-electron chi connectivity index (χ0n) is 9.84. The second-order valence-electron chi connectivity index (χ2n) is 3.92. The summed E-state index contributed by atoms with van der Waals surface area (Å²) in [6.45, 7) is -1.24. The van der Waals surface area contributed by atoms with E-state index in [1.807, 2.05) is 5.32 Å². The molecule has 1 aromatic rings. The molecule has 0 aliphatic carbocycles. The van der Waals surface area contributed by atoms with Crippen LogP contribution in [-0.2, 0) is 9.59 Å². The summed E-state index contributed by atoms with van der Waals surface area (Å²) in [5, 5.41) is 10.7. The van der Waals surface area contributed by atoms with Gasteiger partial charge in [-0.15, -0.1) is 0 Å². The molecule has 0 saturated heterocycles. The van der Waals surface area contributed by atoms with Gasteiger partial charge in [0, 0.05) is 0 Å². The number of amides is 1. The van der Waals surface area contributed by atoms with Crippen LogP contribution in [0.3, 0.4) is 0 Å². The Morgan fingerprint density at radius 1 is 1.42 bits per heavy atom. The minimum atomic E-state index is -1.58. The van der Waals surface area contributed by atoms with Crippen LogP contribution >= 0.6 is 0 Å². The zero-order valence-corrected chi connectivity index (χ0v) is 9.84. The molecule has 7 heteroatoms. The lowest BCUT2D eigenvalue weighted by Crippen LogP contribution is -2.50. The van der Waals surface area contributed by atoms with Gasteiger partial charge in [-0.1, -0.05) is 12.1 Å². The van der Waals surface area contributed by atoms with Crippen LogP contribution in [0.25, 0.3) is 0 Å². The summed E-state index contributed by atoms with van der Waals surface area (Å²) < 4.78 is 23.1. The first-order chi connectivity index (χ1) is 9.11. The van der Waals surface area contributed by atoms with Crippen molar-refractivity contribution >= 4 is 11.9 Å². The van der Waals surface area contributed by atoms with Crippen LogP contribution in [0.1, 0.15) is 0 Å². The topological polar surface area (TPSA) is 84.9 Å². The van der Waals surface area contributed by atoms with Crippen molar-refractivity contribution in [1.29, 1.82) is 0 Å². The highest BCUT2D eigenvalue weighted by atomic mass is 19.1. The Labute approximate surface area is 108 Å².